The smallest absolute Gasteiger partial charge is 0.294 e. The highest BCUT2D eigenvalue weighted by Gasteiger charge is 2.46. The third-order valence-electron chi connectivity index (χ3n) is 4.51. The quantitative estimate of drug-likeness (QED) is 0.700. The highest BCUT2D eigenvalue weighted by atomic mass is 16.3. The number of hydrogen-bond acceptors (Lipinski definition) is 5. The first kappa shape index (κ1) is 16.9. The molecule has 2 aromatic heterocycles. The van der Waals surface area contributed by atoms with E-state index in [1.165, 1.54) is 17.2 Å². The Balaban J connectivity index is 1.88. The minimum atomic E-state index is -0.884. The molecule has 6 heteroatoms. The first-order valence-electron chi connectivity index (χ1n) is 8.45. The third kappa shape index (κ3) is 2.75. The lowest BCUT2D eigenvalue weighted by Gasteiger charge is -2.25. The summed E-state index contributed by atoms with van der Waals surface area (Å²) in [4.78, 5) is 27.2. The van der Waals surface area contributed by atoms with Crippen LogP contribution in [0.15, 0.2) is 75.0 Å². The number of carbonyl (C=O) groups excluding carboxylic acids is 2. The Morgan fingerprint density at radius 3 is 2.56 bits per heavy atom. The summed E-state index contributed by atoms with van der Waals surface area (Å²) in [6.45, 7) is 3.67. The Bertz CT molecular complexity index is 1060. The zero-order valence-electron chi connectivity index (χ0n) is 14.8. The number of aliphatic hydroxyl groups excluding tert-OH is 1. The molecular weight excluding hydrogens is 346 g/mol. The van der Waals surface area contributed by atoms with Crippen molar-refractivity contribution >= 4 is 17.4 Å². The van der Waals surface area contributed by atoms with Crippen LogP contribution < -0.4 is 4.90 Å². The van der Waals surface area contributed by atoms with Crippen LogP contribution >= 0.6 is 0 Å². The first-order chi connectivity index (χ1) is 13.0. The number of benzene rings is 1. The molecule has 0 bridgehead atoms. The number of amides is 1. The monoisotopic (exact) mass is 363 g/mol. The third-order valence-corrected chi connectivity index (χ3v) is 4.51. The van der Waals surface area contributed by atoms with Crippen molar-refractivity contribution in [3.63, 3.8) is 0 Å². The Morgan fingerprint density at radius 2 is 1.93 bits per heavy atom. The van der Waals surface area contributed by atoms with Crippen LogP contribution in [0.5, 0.6) is 0 Å². The van der Waals surface area contributed by atoms with Crippen LogP contribution in [0.1, 0.15) is 33.7 Å². The summed E-state index contributed by atoms with van der Waals surface area (Å²) >= 11 is 0. The van der Waals surface area contributed by atoms with Gasteiger partial charge in [0.2, 0.25) is 5.78 Å². The zero-order valence-corrected chi connectivity index (χ0v) is 14.8. The van der Waals surface area contributed by atoms with Gasteiger partial charge in [-0.3, -0.25) is 14.5 Å². The maximum atomic E-state index is 13.0. The molecule has 1 aliphatic heterocycles. The molecule has 27 heavy (non-hydrogen) atoms. The van der Waals surface area contributed by atoms with Gasteiger partial charge in [-0.1, -0.05) is 12.1 Å². The number of rotatable bonds is 4. The molecule has 1 aliphatic rings. The molecule has 1 atom stereocenters. The van der Waals surface area contributed by atoms with Crippen molar-refractivity contribution in [1.82, 2.24) is 0 Å². The van der Waals surface area contributed by atoms with Crippen molar-refractivity contribution in [2.75, 3.05) is 4.90 Å². The second-order valence-corrected chi connectivity index (χ2v) is 6.43. The molecule has 0 fully saturated rings. The predicted octanol–water partition coefficient (Wildman–Crippen LogP) is 4.27. The number of carbonyl (C=O) groups is 2. The number of hydrogen-bond donors (Lipinski definition) is 1. The lowest BCUT2D eigenvalue weighted by atomic mass is 9.99. The van der Waals surface area contributed by atoms with Crippen LogP contribution in [0.3, 0.4) is 0 Å². The van der Waals surface area contributed by atoms with E-state index in [-0.39, 0.29) is 11.3 Å². The van der Waals surface area contributed by atoms with Crippen LogP contribution in [0.2, 0.25) is 0 Å². The van der Waals surface area contributed by atoms with Gasteiger partial charge in [0.05, 0.1) is 11.8 Å². The van der Waals surface area contributed by atoms with Crippen LogP contribution in [-0.2, 0) is 4.79 Å². The summed E-state index contributed by atoms with van der Waals surface area (Å²) in [5, 5.41) is 10.6. The van der Waals surface area contributed by atoms with Gasteiger partial charge in [-0.05, 0) is 55.8 Å². The Kier molecular flexibility index (Phi) is 3.96. The van der Waals surface area contributed by atoms with E-state index in [0.29, 0.717) is 17.2 Å². The second-order valence-electron chi connectivity index (χ2n) is 6.43. The predicted molar refractivity (Wildman–Crippen MR) is 97.5 cm³/mol. The van der Waals surface area contributed by atoms with Gasteiger partial charge in [0.15, 0.2) is 11.5 Å². The fourth-order valence-corrected chi connectivity index (χ4v) is 3.29. The maximum absolute atomic E-state index is 13.0. The molecule has 6 nitrogen and oxygen atoms in total. The highest BCUT2D eigenvalue weighted by molar-refractivity contribution is 6.20. The largest absolute Gasteiger partial charge is 0.503 e. The number of ketones is 1. The maximum Gasteiger partial charge on any atom is 0.294 e. The summed E-state index contributed by atoms with van der Waals surface area (Å²) in [7, 11) is 0. The Labute approximate surface area is 155 Å². The summed E-state index contributed by atoms with van der Waals surface area (Å²) in [5.41, 5.74) is 1.44. The molecule has 1 N–H and O–H groups in total. The van der Waals surface area contributed by atoms with E-state index < -0.39 is 23.5 Å². The van der Waals surface area contributed by atoms with Gasteiger partial charge in [0.25, 0.3) is 5.91 Å². The molecule has 1 unspecified atom stereocenters. The first-order valence-corrected chi connectivity index (χ1v) is 8.45. The van der Waals surface area contributed by atoms with E-state index in [0.717, 1.165) is 5.56 Å². The van der Waals surface area contributed by atoms with E-state index in [2.05, 4.69) is 0 Å². The lowest BCUT2D eigenvalue weighted by Crippen LogP contribution is -2.30. The van der Waals surface area contributed by atoms with Crippen LogP contribution in [-0.4, -0.2) is 16.8 Å². The standard InChI is InChI=1S/C21H17NO5/c1-12-5-3-6-14(11-12)22-18(15-9-8-13(2)27-15)17(20(24)21(22)25)19(23)16-7-4-10-26-16/h3-11,18,24H,1-2H3. The van der Waals surface area contributed by atoms with Crippen LogP contribution in [0, 0.1) is 13.8 Å². The molecule has 136 valence electrons. The number of anilines is 1. The van der Waals surface area contributed by atoms with Gasteiger partial charge in [0.1, 0.15) is 17.6 Å². The molecule has 3 aromatic rings. The molecule has 0 saturated carbocycles. The van der Waals surface area contributed by atoms with Gasteiger partial charge in [-0.15, -0.1) is 0 Å². The molecule has 0 aliphatic carbocycles. The average molecular weight is 363 g/mol. The van der Waals surface area contributed by atoms with Gasteiger partial charge in [-0.25, -0.2) is 0 Å². The number of aryl methyl sites for hydroxylation is 2. The van der Waals surface area contributed by atoms with Crippen molar-refractivity contribution in [3.05, 3.63) is 89.0 Å². The molecule has 0 spiro atoms. The molecule has 0 saturated heterocycles. The van der Waals surface area contributed by atoms with E-state index in [1.54, 1.807) is 31.2 Å². The Morgan fingerprint density at radius 1 is 1.11 bits per heavy atom. The van der Waals surface area contributed by atoms with Crippen molar-refractivity contribution in [2.24, 2.45) is 0 Å². The Hall–Kier alpha value is -3.54. The van der Waals surface area contributed by atoms with Crippen LogP contribution in [0.25, 0.3) is 0 Å². The fraction of sp³-hybridized carbons (Fsp3) is 0.143. The molecular formula is C21H17NO5. The summed E-state index contributed by atoms with van der Waals surface area (Å²) in [6.07, 6.45) is 1.37. The van der Waals surface area contributed by atoms with E-state index in [1.807, 2.05) is 25.1 Å². The fourth-order valence-electron chi connectivity index (χ4n) is 3.29. The molecule has 3 heterocycles. The van der Waals surface area contributed by atoms with Crippen molar-refractivity contribution in [1.29, 1.82) is 0 Å². The van der Waals surface area contributed by atoms with E-state index in [9.17, 15) is 14.7 Å². The van der Waals surface area contributed by atoms with E-state index in [4.69, 9.17) is 8.83 Å². The van der Waals surface area contributed by atoms with Gasteiger partial charge in [-0.2, -0.15) is 0 Å². The van der Waals surface area contributed by atoms with Crippen LogP contribution in [0.4, 0.5) is 5.69 Å². The van der Waals surface area contributed by atoms with Crippen molar-refractivity contribution in [3.8, 4) is 0 Å². The van der Waals surface area contributed by atoms with E-state index >= 15 is 0 Å². The second kappa shape index (κ2) is 6.32. The topological polar surface area (TPSA) is 83.9 Å². The summed E-state index contributed by atoms with van der Waals surface area (Å²) in [6, 6.07) is 12.9. The minimum absolute atomic E-state index is 0.0451. The minimum Gasteiger partial charge on any atom is -0.503 e. The number of furan rings is 2. The zero-order chi connectivity index (χ0) is 19.1. The van der Waals surface area contributed by atoms with Gasteiger partial charge >= 0.3 is 0 Å². The average Bonchev–Trinajstić information content (AvgIpc) is 3.36. The van der Waals surface area contributed by atoms with Gasteiger partial charge < -0.3 is 13.9 Å². The van der Waals surface area contributed by atoms with Crippen molar-refractivity contribution in [2.45, 2.75) is 19.9 Å². The van der Waals surface area contributed by atoms with Crippen molar-refractivity contribution < 1.29 is 23.5 Å². The SMILES string of the molecule is Cc1cccc(N2C(=O)C(O)=C(C(=O)c3ccco3)C2c2ccc(C)o2)c1. The van der Waals surface area contributed by atoms with Gasteiger partial charge in [0, 0.05) is 5.69 Å². The summed E-state index contributed by atoms with van der Waals surface area (Å²) < 4.78 is 10.9. The molecule has 4 rings (SSSR count). The molecule has 0 radical (unpaired) electrons. The molecule has 1 amide bonds. The highest BCUT2D eigenvalue weighted by Crippen LogP contribution is 2.42. The lowest BCUT2D eigenvalue weighted by molar-refractivity contribution is -0.117. The number of nitrogens with zero attached hydrogens (tertiary/aromatic N) is 1. The molecule has 1 aromatic carbocycles. The number of aliphatic hydroxyl groups is 1. The number of Topliss-reactive ketones (excluding diaryl/α,β-unsaturated/α-hetero) is 1. The normalized spacial score (nSPS) is 17.0. The summed E-state index contributed by atoms with van der Waals surface area (Å²) in [5.74, 6) is -0.741.